The van der Waals surface area contributed by atoms with Crippen molar-refractivity contribution in [2.24, 2.45) is 0 Å². The Kier molecular flexibility index (Phi) is 7.20. The van der Waals surface area contributed by atoms with E-state index >= 15 is 0 Å². The molecular weight excluding hydrogens is 367 g/mol. The molecule has 2 aromatic carbocycles. The summed E-state index contributed by atoms with van der Waals surface area (Å²) in [5, 5.41) is 2.65. The van der Waals surface area contributed by atoms with Gasteiger partial charge in [0.05, 0.1) is 7.11 Å². The first-order valence-corrected chi connectivity index (χ1v) is 8.70. The molecule has 0 aromatic heterocycles. The number of thioether (sulfide) groups is 1. The Hall–Kier alpha value is -2.35. The lowest BCUT2D eigenvalue weighted by atomic mass is 10.3. The molecule has 0 heterocycles. The van der Waals surface area contributed by atoms with Crippen molar-refractivity contribution in [2.75, 3.05) is 24.8 Å². The van der Waals surface area contributed by atoms with E-state index in [4.69, 9.17) is 4.74 Å². The molecule has 0 fully saturated rings. The van der Waals surface area contributed by atoms with Crippen LogP contribution in [0.15, 0.2) is 53.4 Å². The van der Waals surface area contributed by atoms with E-state index < -0.39 is 12.8 Å². The Morgan fingerprint density at radius 3 is 2.50 bits per heavy atom. The second-order valence-corrected chi connectivity index (χ2v) is 6.42. The van der Waals surface area contributed by atoms with Crippen LogP contribution in [0.3, 0.4) is 0 Å². The number of hydrogen-bond donors (Lipinski definition) is 1. The zero-order chi connectivity index (χ0) is 19.0. The van der Waals surface area contributed by atoms with Crippen molar-refractivity contribution in [3.05, 3.63) is 48.5 Å². The number of rotatable bonds is 8. The highest BCUT2D eigenvalue weighted by Gasteiger charge is 2.28. The molecule has 0 saturated heterocycles. The maximum Gasteiger partial charge on any atom is 0.422 e. The lowest BCUT2D eigenvalue weighted by molar-refractivity contribution is -0.153. The highest BCUT2D eigenvalue weighted by atomic mass is 32.2. The molecule has 8 heteroatoms. The highest BCUT2D eigenvalue weighted by Crippen LogP contribution is 2.23. The van der Waals surface area contributed by atoms with Crippen LogP contribution in [-0.2, 0) is 4.79 Å². The number of carbonyl (C=O) groups excluding carboxylic acids is 1. The smallest absolute Gasteiger partial charge is 0.422 e. The third-order valence-electron chi connectivity index (χ3n) is 3.18. The van der Waals surface area contributed by atoms with Crippen LogP contribution in [0.4, 0.5) is 18.9 Å². The summed E-state index contributed by atoms with van der Waals surface area (Å²) in [6, 6.07) is 13.4. The van der Waals surface area contributed by atoms with Crippen molar-refractivity contribution in [1.82, 2.24) is 0 Å². The molecule has 0 aliphatic rings. The monoisotopic (exact) mass is 385 g/mol. The summed E-state index contributed by atoms with van der Waals surface area (Å²) >= 11 is 1.53. The topological polar surface area (TPSA) is 47.6 Å². The number of nitrogens with one attached hydrogen (secondary N) is 1. The minimum absolute atomic E-state index is 0.0488. The lowest BCUT2D eigenvalue weighted by Gasteiger charge is -2.11. The number of hydrogen-bond acceptors (Lipinski definition) is 4. The molecule has 2 rings (SSSR count). The van der Waals surface area contributed by atoms with E-state index in [1.54, 1.807) is 13.2 Å². The van der Waals surface area contributed by atoms with Gasteiger partial charge >= 0.3 is 6.18 Å². The van der Waals surface area contributed by atoms with E-state index in [1.165, 1.54) is 30.0 Å². The van der Waals surface area contributed by atoms with Gasteiger partial charge in [0.2, 0.25) is 5.91 Å². The van der Waals surface area contributed by atoms with Crippen LogP contribution in [0.5, 0.6) is 11.5 Å². The molecular formula is C18H18F3NO3S. The van der Waals surface area contributed by atoms with Crippen molar-refractivity contribution in [1.29, 1.82) is 0 Å². The maximum atomic E-state index is 12.2. The second kappa shape index (κ2) is 9.38. The van der Waals surface area contributed by atoms with Crippen molar-refractivity contribution >= 4 is 23.4 Å². The number of ether oxygens (including phenoxy) is 2. The first-order valence-electron chi connectivity index (χ1n) is 7.72. The molecule has 0 unspecified atom stereocenters. The third kappa shape index (κ3) is 7.26. The fraction of sp³-hybridized carbons (Fsp3) is 0.278. The van der Waals surface area contributed by atoms with Gasteiger partial charge in [0.25, 0.3) is 0 Å². The average Bonchev–Trinajstić information content (AvgIpc) is 2.60. The molecule has 0 aliphatic heterocycles. The van der Waals surface area contributed by atoms with E-state index in [0.717, 1.165) is 10.6 Å². The summed E-state index contributed by atoms with van der Waals surface area (Å²) < 4.78 is 46.2. The minimum Gasteiger partial charge on any atom is -0.497 e. The van der Waals surface area contributed by atoms with Crippen LogP contribution < -0.4 is 14.8 Å². The summed E-state index contributed by atoms with van der Waals surface area (Å²) in [4.78, 5) is 13.0. The molecule has 0 spiro atoms. The zero-order valence-corrected chi connectivity index (χ0v) is 14.8. The molecule has 140 valence electrons. The van der Waals surface area contributed by atoms with Crippen molar-refractivity contribution in [3.8, 4) is 11.5 Å². The van der Waals surface area contributed by atoms with Gasteiger partial charge in [-0.15, -0.1) is 11.8 Å². The van der Waals surface area contributed by atoms with Gasteiger partial charge in [0, 0.05) is 28.8 Å². The first-order chi connectivity index (χ1) is 12.4. The molecule has 0 saturated carbocycles. The highest BCUT2D eigenvalue weighted by molar-refractivity contribution is 7.99. The van der Waals surface area contributed by atoms with Gasteiger partial charge in [-0.2, -0.15) is 13.2 Å². The Morgan fingerprint density at radius 2 is 1.85 bits per heavy atom. The lowest BCUT2D eigenvalue weighted by Crippen LogP contribution is -2.19. The fourth-order valence-electron chi connectivity index (χ4n) is 1.99. The van der Waals surface area contributed by atoms with Crippen molar-refractivity contribution in [3.63, 3.8) is 0 Å². The van der Waals surface area contributed by atoms with Gasteiger partial charge < -0.3 is 14.8 Å². The predicted octanol–water partition coefficient (Wildman–Crippen LogP) is 4.76. The molecule has 2 aromatic rings. The van der Waals surface area contributed by atoms with E-state index in [1.807, 2.05) is 24.3 Å². The summed E-state index contributed by atoms with van der Waals surface area (Å²) in [5.41, 5.74) is 0.393. The largest absolute Gasteiger partial charge is 0.497 e. The van der Waals surface area contributed by atoms with Crippen LogP contribution in [0.25, 0.3) is 0 Å². The SMILES string of the molecule is COc1ccc(SCCC(=O)Nc2cccc(OCC(F)(F)F)c2)cc1. The van der Waals surface area contributed by atoms with Crippen LogP contribution in [-0.4, -0.2) is 31.6 Å². The molecule has 4 nitrogen and oxygen atoms in total. The van der Waals surface area contributed by atoms with Gasteiger partial charge in [0.1, 0.15) is 11.5 Å². The predicted molar refractivity (Wildman–Crippen MR) is 95.0 cm³/mol. The summed E-state index contributed by atoms with van der Waals surface area (Å²) in [7, 11) is 1.59. The quantitative estimate of drug-likeness (QED) is 0.666. The Balaban J connectivity index is 1.78. The number of anilines is 1. The van der Waals surface area contributed by atoms with Gasteiger partial charge in [-0.05, 0) is 36.4 Å². The number of benzene rings is 2. The first kappa shape index (κ1) is 20.0. The molecule has 0 aliphatic carbocycles. The van der Waals surface area contributed by atoms with Crippen LogP contribution in [0.2, 0.25) is 0 Å². The van der Waals surface area contributed by atoms with Gasteiger partial charge in [-0.25, -0.2) is 0 Å². The molecule has 0 radical (unpaired) electrons. The molecule has 1 amide bonds. The van der Waals surface area contributed by atoms with E-state index in [2.05, 4.69) is 10.1 Å². The number of alkyl halides is 3. The Bertz CT molecular complexity index is 720. The molecule has 0 bridgehead atoms. The number of carbonyl (C=O) groups is 1. The molecule has 1 N–H and O–H groups in total. The third-order valence-corrected chi connectivity index (χ3v) is 4.19. The number of amides is 1. The summed E-state index contributed by atoms with van der Waals surface area (Å²) in [5.74, 6) is 1.16. The Morgan fingerprint density at radius 1 is 1.12 bits per heavy atom. The standard InChI is InChI=1S/C18H18F3NO3S/c1-24-14-5-7-16(8-6-14)26-10-9-17(23)22-13-3-2-4-15(11-13)25-12-18(19,20)21/h2-8,11H,9-10,12H2,1H3,(H,22,23). The van der Waals surface area contributed by atoms with Gasteiger partial charge in [-0.1, -0.05) is 6.07 Å². The average molecular weight is 385 g/mol. The zero-order valence-electron chi connectivity index (χ0n) is 14.0. The van der Waals surface area contributed by atoms with Gasteiger partial charge in [-0.3, -0.25) is 4.79 Å². The van der Waals surface area contributed by atoms with Crippen LogP contribution >= 0.6 is 11.8 Å². The normalized spacial score (nSPS) is 11.1. The minimum atomic E-state index is -4.40. The van der Waals surface area contributed by atoms with Crippen LogP contribution in [0, 0.1) is 0 Å². The second-order valence-electron chi connectivity index (χ2n) is 5.25. The van der Waals surface area contributed by atoms with E-state index in [9.17, 15) is 18.0 Å². The molecule has 26 heavy (non-hydrogen) atoms. The maximum absolute atomic E-state index is 12.2. The van der Waals surface area contributed by atoms with Gasteiger partial charge in [0.15, 0.2) is 6.61 Å². The van der Waals surface area contributed by atoms with E-state index in [0.29, 0.717) is 11.4 Å². The number of methoxy groups -OCH3 is 1. The van der Waals surface area contributed by atoms with Crippen molar-refractivity contribution in [2.45, 2.75) is 17.5 Å². The number of halogens is 3. The Labute approximate surface area is 153 Å². The summed E-state index contributed by atoms with van der Waals surface area (Å²) in [6.45, 7) is -1.37. The van der Waals surface area contributed by atoms with Crippen LogP contribution in [0.1, 0.15) is 6.42 Å². The summed E-state index contributed by atoms with van der Waals surface area (Å²) in [6.07, 6.45) is -4.14. The van der Waals surface area contributed by atoms with E-state index in [-0.39, 0.29) is 18.1 Å². The van der Waals surface area contributed by atoms with Crippen molar-refractivity contribution < 1.29 is 27.4 Å². The fourth-order valence-corrected chi connectivity index (χ4v) is 2.84. The molecule has 0 atom stereocenters.